The highest BCUT2D eigenvalue weighted by atomic mass is 79.9. The van der Waals surface area contributed by atoms with Gasteiger partial charge in [-0.15, -0.1) is 0 Å². The van der Waals surface area contributed by atoms with E-state index in [-0.39, 0.29) is 11.1 Å². The summed E-state index contributed by atoms with van der Waals surface area (Å²) in [5.41, 5.74) is 4.40. The van der Waals surface area contributed by atoms with Crippen molar-refractivity contribution in [3.63, 3.8) is 0 Å². The SMILES string of the molecule is CC(C)(C)c1ccc(Br)c(NN=C(C#N)C#N)c1. The highest BCUT2D eigenvalue weighted by Crippen LogP contribution is 2.30. The molecule has 0 amide bonds. The molecule has 0 aliphatic carbocycles. The maximum atomic E-state index is 8.60. The number of hydrogen-bond donors (Lipinski definition) is 1. The third-order valence-electron chi connectivity index (χ3n) is 2.33. The first-order valence-corrected chi connectivity index (χ1v) is 6.11. The molecule has 0 atom stereocenters. The molecule has 18 heavy (non-hydrogen) atoms. The molecular weight excluding hydrogens is 292 g/mol. The van der Waals surface area contributed by atoms with E-state index < -0.39 is 0 Å². The summed E-state index contributed by atoms with van der Waals surface area (Å²) < 4.78 is 0.828. The summed E-state index contributed by atoms with van der Waals surface area (Å²) in [5, 5.41) is 20.9. The van der Waals surface area contributed by atoms with Gasteiger partial charge in [0.15, 0.2) is 0 Å². The van der Waals surface area contributed by atoms with E-state index in [1.165, 1.54) is 0 Å². The minimum absolute atomic E-state index is 0.0220. The predicted octanol–water partition coefficient (Wildman–Crippen LogP) is 3.56. The summed E-state index contributed by atoms with van der Waals surface area (Å²) >= 11 is 3.39. The molecule has 0 aliphatic rings. The highest BCUT2D eigenvalue weighted by molar-refractivity contribution is 9.10. The normalized spacial score (nSPS) is 10.1. The first-order chi connectivity index (χ1) is 8.38. The van der Waals surface area contributed by atoms with Crippen LogP contribution in [-0.4, -0.2) is 5.71 Å². The molecule has 4 nitrogen and oxygen atoms in total. The van der Waals surface area contributed by atoms with Crippen LogP contribution >= 0.6 is 15.9 Å². The van der Waals surface area contributed by atoms with Crippen molar-refractivity contribution in [2.75, 3.05) is 5.43 Å². The Morgan fingerprint density at radius 1 is 1.28 bits per heavy atom. The molecule has 0 bridgehead atoms. The predicted molar refractivity (Wildman–Crippen MR) is 75.1 cm³/mol. The first-order valence-electron chi connectivity index (χ1n) is 5.32. The van der Waals surface area contributed by atoms with Gasteiger partial charge >= 0.3 is 0 Å². The quantitative estimate of drug-likeness (QED) is 0.670. The Bertz CT molecular complexity index is 540. The smallest absolute Gasteiger partial charge is 0.237 e. The van der Waals surface area contributed by atoms with Crippen LogP contribution in [0.1, 0.15) is 26.3 Å². The van der Waals surface area contributed by atoms with E-state index in [0.717, 1.165) is 15.7 Å². The zero-order valence-electron chi connectivity index (χ0n) is 10.5. The van der Waals surface area contributed by atoms with Crippen molar-refractivity contribution in [3.05, 3.63) is 28.2 Å². The van der Waals surface area contributed by atoms with Crippen LogP contribution in [0.5, 0.6) is 0 Å². The number of benzene rings is 1. The van der Waals surface area contributed by atoms with Crippen molar-refractivity contribution in [1.82, 2.24) is 0 Å². The number of rotatable bonds is 2. The molecule has 1 rings (SSSR count). The van der Waals surface area contributed by atoms with E-state index in [1.54, 1.807) is 12.1 Å². The largest absolute Gasteiger partial charge is 0.275 e. The van der Waals surface area contributed by atoms with Gasteiger partial charge in [-0.25, -0.2) is 0 Å². The summed E-state index contributed by atoms with van der Waals surface area (Å²) in [6, 6.07) is 9.27. The molecule has 0 saturated carbocycles. The third-order valence-corrected chi connectivity index (χ3v) is 3.02. The Morgan fingerprint density at radius 2 is 1.89 bits per heavy atom. The second-order valence-electron chi connectivity index (χ2n) is 4.74. The summed E-state index contributed by atoms with van der Waals surface area (Å²) in [7, 11) is 0. The average molecular weight is 305 g/mol. The minimum Gasteiger partial charge on any atom is -0.275 e. The molecular formula is C13H13BrN4. The Hall–Kier alpha value is -1.85. The van der Waals surface area contributed by atoms with E-state index in [0.29, 0.717) is 0 Å². The molecule has 0 fully saturated rings. The standard InChI is InChI=1S/C13H13BrN4/c1-13(2,3)9-4-5-11(14)12(6-9)18-17-10(7-15)8-16/h4-6,18H,1-3H3. The summed E-state index contributed by atoms with van der Waals surface area (Å²) in [6.45, 7) is 6.33. The lowest BCUT2D eigenvalue weighted by molar-refractivity contribution is 0.590. The van der Waals surface area contributed by atoms with Crippen LogP contribution in [0.2, 0.25) is 0 Å². The van der Waals surface area contributed by atoms with Gasteiger partial charge in [0.2, 0.25) is 5.71 Å². The van der Waals surface area contributed by atoms with Gasteiger partial charge in [-0.3, -0.25) is 5.43 Å². The summed E-state index contributed by atoms with van der Waals surface area (Å²) in [4.78, 5) is 0. The topological polar surface area (TPSA) is 72.0 Å². The van der Waals surface area contributed by atoms with E-state index in [2.05, 4.69) is 47.2 Å². The van der Waals surface area contributed by atoms with Gasteiger partial charge in [0, 0.05) is 4.47 Å². The van der Waals surface area contributed by atoms with Crippen LogP contribution in [0, 0.1) is 22.7 Å². The van der Waals surface area contributed by atoms with Crippen molar-refractivity contribution in [3.8, 4) is 12.1 Å². The molecule has 0 heterocycles. The van der Waals surface area contributed by atoms with E-state index in [4.69, 9.17) is 10.5 Å². The molecule has 92 valence electrons. The Morgan fingerprint density at radius 3 is 2.39 bits per heavy atom. The third kappa shape index (κ3) is 3.58. The van der Waals surface area contributed by atoms with Crippen LogP contribution in [-0.2, 0) is 5.41 Å². The summed E-state index contributed by atoms with van der Waals surface area (Å²) in [5.74, 6) is 0. The number of anilines is 1. The maximum absolute atomic E-state index is 8.60. The van der Waals surface area contributed by atoms with E-state index in [1.807, 2.05) is 18.2 Å². The molecule has 1 aromatic rings. The Labute approximate surface area is 115 Å². The molecule has 0 saturated heterocycles. The van der Waals surface area contributed by atoms with Crippen LogP contribution in [0.3, 0.4) is 0 Å². The zero-order valence-corrected chi connectivity index (χ0v) is 12.0. The molecule has 5 heteroatoms. The zero-order chi connectivity index (χ0) is 13.8. The van der Waals surface area contributed by atoms with Crippen molar-refractivity contribution in [2.24, 2.45) is 5.10 Å². The van der Waals surface area contributed by atoms with Gasteiger partial charge in [-0.2, -0.15) is 15.6 Å². The van der Waals surface area contributed by atoms with E-state index >= 15 is 0 Å². The number of nitriles is 2. The molecule has 0 spiro atoms. The molecule has 0 radical (unpaired) electrons. The van der Waals surface area contributed by atoms with Crippen molar-refractivity contribution in [1.29, 1.82) is 10.5 Å². The highest BCUT2D eigenvalue weighted by Gasteiger charge is 2.14. The fraction of sp³-hybridized carbons (Fsp3) is 0.308. The second-order valence-corrected chi connectivity index (χ2v) is 5.59. The number of hydrogen-bond acceptors (Lipinski definition) is 4. The number of nitrogens with zero attached hydrogens (tertiary/aromatic N) is 3. The molecule has 0 unspecified atom stereocenters. The lowest BCUT2D eigenvalue weighted by atomic mass is 9.87. The van der Waals surface area contributed by atoms with Gasteiger partial charge in [0.1, 0.15) is 12.1 Å². The lowest BCUT2D eigenvalue weighted by Gasteiger charge is -2.20. The van der Waals surface area contributed by atoms with Crippen LogP contribution < -0.4 is 5.43 Å². The van der Waals surface area contributed by atoms with Gasteiger partial charge in [0.25, 0.3) is 0 Å². The van der Waals surface area contributed by atoms with Crippen LogP contribution in [0.15, 0.2) is 27.8 Å². The first kappa shape index (κ1) is 14.2. The number of halogens is 1. The van der Waals surface area contributed by atoms with Gasteiger partial charge < -0.3 is 0 Å². The van der Waals surface area contributed by atoms with Gasteiger partial charge in [0.05, 0.1) is 5.69 Å². The lowest BCUT2D eigenvalue weighted by Crippen LogP contribution is -2.11. The molecule has 1 aromatic carbocycles. The number of hydrazone groups is 1. The maximum Gasteiger partial charge on any atom is 0.237 e. The second kappa shape index (κ2) is 5.66. The van der Waals surface area contributed by atoms with Crippen molar-refractivity contribution >= 4 is 27.3 Å². The minimum atomic E-state index is -0.205. The Kier molecular flexibility index (Phi) is 4.47. The Balaban J connectivity index is 3.08. The summed E-state index contributed by atoms with van der Waals surface area (Å²) in [6.07, 6.45) is 0. The molecule has 1 N–H and O–H groups in total. The van der Waals surface area contributed by atoms with Gasteiger partial charge in [-0.05, 0) is 39.0 Å². The number of nitrogens with one attached hydrogen (secondary N) is 1. The fourth-order valence-electron chi connectivity index (χ4n) is 1.27. The van der Waals surface area contributed by atoms with Gasteiger partial charge in [-0.1, -0.05) is 26.8 Å². The fourth-order valence-corrected chi connectivity index (χ4v) is 1.60. The van der Waals surface area contributed by atoms with Crippen molar-refractivity contribution < 1.29 is 0 Å². The van der Waals surface area contributed by atoms with Crippen molar-refractivity contribution in [2.45, 2.75) is 26.2 Å². The molecule has 0 aliphatic heterocycles. The molecule has 0 aromatic heterocycles. The van der Waals surface area contributed by atoms with Crippen LogP contribution in [0.25, 0.3) is 0 Å². The van der Waals surface area contributed by atoms with E-state index in [9.17, 15) is 0 Å². The monoisotopic (exact) mass is 304 g/mol. The average Bonchev–Trinajstić information content (AvgIpc) is 2.31. The van der Waals surface area contributed by atoms with Crippen LogP contribution in [0.4, 0.5) is 5.69 Å².